The summed E-state index contributed by atoms with van der Waals surface area (Å²) in [6.45, 7) is 9.14. The van der Waals surface area contributed by atoms with Crippen LogP contribution in [0, 0.1) is 5.41 Å². The maximum atomic E-state index is 2.39. The first-order valence-electron chi connectivity index (χ1n) is 6.12. The number of hydrogen-bond donors (Lipinski definition) is 0. The van der Waals surface area contributed by atoms with Crippen LogP contribution in [-0.2, 0) is 24.7 Å². The summed E-state index contributed by atoms with van der Waals surface area (Å²) < 4.78 is 1.45. The van der Waals surface area contributed by atoms with Crippen molar-refractivity contribution in [1.82, 2.24) is 0 Å². The summed E-state index contributed by atoms with van der Waals surface area (Å²) in [6, 6.07) is 0. The summed E-state index contributed by atoms with van der Waals surface area (Å²) in [5.74, 6) is 0. The molecule has 0 spiro atoms. The van der Waals surface area contributed by atoms with Crippen LogP contribution in [0.2, 0.25) is 0 Å². The fraction of sp³-hybridized carbons (Fsp3) is 0.375. The Morgan fingerprint density at radius 2 is 1.79 bits per heavy atom. The van der Waals surface area contributed by atoms with Crippen LogP contribution in [0.25, 0.3) is 0 Å². The second-order valence-electron chi connectivity index (χ2n) is 5.52. The molecular formula is C16H19Cl2Zr. The first kappa shape index (κ1) is 19.2. The van der Waals surface area contributed by atoms with E-state index >= 15 is 0 Å². The van der Waals surface area contributed by atoms with Gasteiger partial charge in [0.15, 0.2) is 0 Å². The maximum Gasteiger partial charge on any atom is -1.00 e. The van der Waals surface area contributed by atoms with Gasteiger partial charge in [-0.2, -0.15) is 0 Å². The van der Waals surface area contributed by atoms with E-state index in [1.165, 1.54) is 50.3 Å². The molecule has 0 aliphatic heterocycles. The predicted octanol–water partition coefficient (Wildman–Crippen LogP) is -1.39. The average Bonchev–Trinajstić information content (AvgIpc) is 2.73. The standard InChI is InChI=1S/C16H19.2ClH.Zr/c1-12(2)14-10-7-11-15(16(14,3)4)13-8-5-6-9-13;;;/h5-6,8,10-11H,9H2,1-4H3;2*1H;/q;;;+2/p-2. The molecular weight excluding hydrogens is 354 g/mol. The van der Waals surface area contributed by atoms with E-state index in [1.54, 1.807) is 0 Å². The van der Waals surface area contributed by atoms with Crippen LogP contribution in [0.4, 0.5) is 0 Å². The van der Waals surface area contributed by atoms with Crippen molar-refractivity contribution >= 4 is 0 Å². The zero-order valence-corrected chi connectivity index (χ0v) is 15.8. The molecule has 0 unspecified atom stereocenters. The minimum absolute atomic E-state index is 0. The van der Waals surface area contributed by atoms with Gasteiger partial charge in [0.1, 0.15) is 0 Å². The van der Waals surface area contributed by atoms with Gasteiger partial charge in [-0.15, -0.1) is 0 Å². The number of hydrogen-bond acceptors (Lipinski definition) is 0. The van der Waals surface area contributed by atoms with Gasteiger partial charge in [-0.3, -0.25) is 0 Å². The van der Waals surface area contributed by atoms with Crippen molar-refractivity contribution in [2.45, 2.75) is 34.1 Å². The van der Waals surface area contributed by atoms with Gasteiger partial charge in [0.2, 0.25) is 0 Å². The molecule has 0 saturated heterocycles. The Balaban J connectivity index is 0.00000162. The molecule has 0 fully saturated rings. The Bertz CT molecular complexity index is 499. The van der Waals surface area contributed by atoms with Crippen LogP contribution in [0.15, 0.2) is 56.0 Å². The molecule has 0 aromatic heterocycles. The third-order valence-electron chi connectivity index (χ3n) is 3.60. The molecule has 0 nitrogen and oxygen atoms in total. The SMILES string of the molecule is CC(C)=C1C=[C]([Zr+2])C=C(C2=CC=CC2)C1(C)C.[Cl-].[Cl-]. The van der Waals surface area contributed by atoms with Crippen LogP contribution < -0.4 is 24.8 Å². The van der Waals surface area contributed by atoms with Crippen LogP contribution >= 0.6 is 0 Å². The average molecular weight is 373 g/mol. The maximum absolute atomic E-state index is 2.39. The summed E-state index contributed by atoms with van der Waals surface area (Å²) in [7, 11) is 0. The van der Waals surface area contributed by atoms with Crippen LogP contribution in [-0.4, -0.2) is 0 Å². The van der Waals surface area contributed by atoms with E-state index in [-0.39, 0.29) is 30.2 Å². The molecule has 0 aromatic rings. The monoisotopic (exact) mass is 371 g/mol. The minimum atomic E-state index is 0. The Morgan fingerprint density at radius 3 is 2.26 bits per heavy atom. The normalized spacial score (nSPS) is 19.9. The van der Waals surface area contributed by atoms with Crippen molar-refractivity contribution in [2.24, 2.45) is 5.41 Å². The molecule has 3 heteroatoms. The van der Waals surface area contributed by atoms with Crippen molar-refractivity contribution in [1.29, 1.82) is 0 Å². The van der Waals surface area contributed by atoms with E-state index < -0.39 is 0 Å². The Morgan fingerprint density at radius 1 is 1.16 bits per heavy atom. The van der Waals surface area contributed by atoms with Gasteiger partial charge in [0.05, 0.1) is 0 Å². The van der Waals surface area contributed by atoms with E-state index in [4.69, 9.17) is 0 Å². The Kier molecular flexibility index (Phi) is 7.31. The van der Waals surface area contributed by atoms with Gasteiger partial charge in [-0.1, -0.05) is 0 Å². The molecule has 0 aromatic carbocycles. The molecule has 19 heavy (non-hydrogen) atoms. The summed E-state index contributed by atoms with van der Waals surface area (Å²) in [4.78, 5) is 0. The van der Waals surface area contributed by atoms with Crippen molar-refractivity contribution in [3.63, 3.8) is 0 Å². The molecule has 101 valence electrons. The third kappa shape index (κ3) is 3.84. The van der Waals surface area contributed by atoms with Crippen molar-refractivity contribution in [2.75, 3.05) is 0 Å². The van der Waals surface area contributed by atoms with E-state index in [1.807, 2.05) is 0 Å². The van der Waals surface area contributed by atoms with E-state index in [2.05, 4.69) is 58.1 Å². The van der Waals surface area contributed by atoms with Crippen LogP contribution in [0.3, 0.4) is 0 Å². The van der Waals surface area contributed by atoms with Crippen molar-refractivity contribution in [3.8, 4) is 0 Å². The fourth-order valence-electron chi connectivity index (χ4n) is 2.77. The first-order chi connectivity index (χ1) is 7.93. The van der Waals surface area contributed by atoms with E-state index in [0.29, 0.717) is 0 Å². The number of allylic oxidation sites excluding steroid dienone is 10. The number of halogens is 2. The summed E-state index contributed by atoms with van der Waals surface area (Å²) in [5, 5.41) is 0. The molecule has 0 saturated carbocycles. The molecule has 0 radical (unpaired) electrons. The van der Waals surface area contributed by atoms with Crippen molar-refractivity contribution in [3.05, 3.63) is 56.0 Å². The molecule has 0 N–H and O–H groups in total. The van der Waals surface area contributed by atoms with Gasteiger partial charge in [-0.05, 0) is 0 Å². The van der Waals surface area contributed by atoms with Gasteiger partial charge < -0.3 is 24.8 Å². The summed E-state index contributed by atoms with van der Waals surface area (Å²) in [5.41, 5.74) is 6.08. The molecule has 0 atom stereocenters. The van der Waals surface area contributed by atoms with Crippen LogP contribution in [0.1, 0.15) is 34.1 Å². The summed E-state index contributed by atoms with van der Waals surface area (Å²) in [6.07, 6.45) is 12.5. The topological polar surface area (TPSA) is 0 Å². The Labute approximate surface area is 144 Å². The predicted molar refractivity (Wildman–Crippen MR) is 70.2 cm³/mol. The largest absolute Gasteiger partial charge is 1.00 e. The first-order valence-corrected chi connectivity index (χ1v) is 7.35. The zero-order valence-electron chi connectivity index (χ0n) is 11.8. The fourth-order valence-corrected chi connectivity index (χ4v) is 3.48. The van der Waals surface area contributed by atoms with Gasteiger partial charge in [0, 0.05) is 0 Å². The Hall–Kier alpha value is 0.163. The van der Waals surface area contributed by atoms with Gasteiger partial charge >= 0.3 is 120 Å². The molecule has 0 amide bonds. The van der Waals surface area contributed by atoms with Gasteiger partial charge in [-0.25, -0.2) is 0 Å². The summed E-state index contributed by atoms with van der Waals surface area (Å²) >= 11 is 1.50. The van der Waals surface area contributed by atoms with Crippen LogP contribution in [0.5, 0.6) is 0 Å². The molecule has 2 aliphatic carbocycles. The smallest absolute Gasteiger partial charge is 1.00 e. The van der Waals surface area contributed by atoms with E-state index in [9.17, 15) is 0 Å². The third-order valence-corrected chi connectivity index (χ3v) is 4.31. The second kappa shape index (κ2) is 7.25. The molecule has 2 rings (SSSR count). The quantitative estimate of drug-likeness (QED) is 0.531. The number of rotatable bonds is 1. The zero-order chi connectivity index (χ0) is 12.6. The second-order valence-corrected chi connectivity index (χ2v) is 6.94. The minimum Gasteiger partial charge on any atom is -1.00 e. The van der Waals surface area contributed by atoms with Crippen molar-refractivity contribution < 1.29 is 49.5 Å². The molecule has 0 bridgehead atoms. The molecule has 2 aliphatic rings. The van der Waals surface area contributed by atoms with E-state index in [0.717, 1.165) is 6.42 Å². The van der Waals surface area contributed by atoms with Gasteiger partial charge in [0.25, 0.3) is 0 Å². The molecule has 0 heterocycles.